The summed E-state index contributed by atoms with van der Waals surface area (Å²) in [5, 5.41) is 29.4. The van der Waals surface area contributed by atoms with Crippen LogP contribution in [0.2, 0.25) is 0 Å². The third kappa shape index (κ3) is 8.65. The second-order valence-electron chi connectivity index (χ2n) is 15.1. The van der Waals surface area contributed by atoms with E-state index in [2.05, 4.69) is 104 Å². The molecular weight excluding hydrogens is 496 g/mol. The predicted molar refractivity (Wildman–Crippen MR) is 170 cm³/mol. The Morgan fingerprint density at radius 2 is 1.00 bits per heavy atom. The zero-order valence-electron chi connectivity index (χ0n) is 26.5. The number of aliphatic imine (C=N–C) groups is 2. The standard InChI is InChI=1S/C34H52N4O2/c1-31(2,3)27-11-23-15-35-19-33(7,8)21-37-17-25-13-28(32(4,5)6)14-26(30(25)40)18-38-22-34(9,10)20-36-16-24(12-27)29(23)39/h11-15,17,36,38-40H,16,18-22H2,1-10H3. The van der Waals surface area contributed by atoms with Crippen molar-refractivity contribution in [2.24, 2.45) is 20.8 Å². The molecule has 0 fully saturated rings. The van der Waals surface area contributed by atoms with Crippen LogP contribution in [0.1, 0.15) is 103 Å². The molecule has 0 radical (unpaired) electrons. The highest BCUT2D eigenvalue weighted by Crippen LogP contribution is 2.32. The van der Waals surface area contributed by atoms with Gasteiger partial charge >= 0.3 is 0 Å². The molecule has 0 amide bonds. The summed E-state index contributed by atoms with van der Waals surface area (Å²) < 4.78 is 0. The van der Waals surface area contributed by atoms with E-state index in [1.54, 1.807) is 12.4 Å². The molecule has 1 aliphatic rings. The van der Waals surface area contributed by atoms with Crippen LogP contribution in [0.15, 0.2) is 34.3 Å². The molecule has 4 N–H and O–H groups in total. The van der Waals surface area contributed by atoms with Gasteiger partial charge in [-0.05, 0) is 39.5 Å². The summed E-state index contributed by atoms with van der Waals surface area (Å²) in [6.45, 7) is 25.6. The molecule has 0 saturated carbocycles. The maximum Gasteiger partial charge on any atom is 0.128 e. The van der Waals surface area contributed by atoms with Gasteiger partial charge in [0.2, 0.25) is 0 Å². The highest BCUT2D eigenvalue weighted by atomic mass is 16.3. The van der Waals surface area contributed by atoms with Crippen molar-refractivity contribution in [3.63, 3.8) is 0 Å². The Balaban J connectivity index is 2.00. The van der Waals surface area contributed by atoms with E-state index in [0.29, 0.717) is 26.2 Å². The number of nitrogens with one attached hydrogen (secondary N) is 2. The Kier molecular flexibility index (Phi) is 9.58. The lowest BCUT2D eigenvalue weighted by molar-refractivity contribution is 0.317. The Morgan fingerprint density at radius 1 is 0.625 bits per heavy atom. The van der Waals surface area contributed by atoms with Crippen molar-refractivity contribution in [2.45, 2.75) is 93.2 Å². The van der Waals surface area contributed by atoms with E-state index in [-0.39, 0.29) is 33.2 Å². The summed E-state index contributed by atoms with van der Waals surface area (Å²) in [6.07, 6.45) is 3.60. The summed E-state index contributed by atoms with van der Waals surface area (Å²) in [4.78, 5) is 9.49. The van der Waals surface area contributed by atoms with Crippen molar-refractivity contribution < 1.29 is 10.2 Å². The fraction of sp³-hybridized carbons (Fsp3) is 0.588. The molecule has 2 aromatic rings. The number of aromatic hydroxyl groups is 2. The number of nitrogens with zero attached hydrogens (tertiary/aromatic N) is 2. The monoisotopic (exact) mass is 548 g/mol. The fourth-order valence-electron chi connectivity index (χ4n) is 4.74. The van der Waals surface area contributed by atoms with Gasteiger partial charge in [0, 0.05) is 79.4 Å². The molecule has 0 spiro atoms. The summed E-state index contributed by atoms with van der Waals surface area (Å²) in [7, 11) is 0. The lowest BCUT2D eigenvalue weighted by Crippen LogP contribution is -2.37. The zero-order valence-corrected chi connectivity index (χ0v) is 26.5. The first kappa shape index (κ1) is 31.8. The maximum absolute atomic E-state index is 11.1. The number of rotatable bonds is 0. The number of phenols is 2. The van der Waals surface area contributed by atoms with E-state index < -0.39 is 0 Å². The highest BCUT2D eigenvalue weighted by Gasteiger charge is 2.23. The van der Waals surface area contributed by atoms with Crippen LogP contribution in [0.4, 0.5) is 0 Å². The van der Waals surface area contributed by atoms with Crippen molar-refractivity contribution in [1.82, 2.24) is 10.6 Å². The van der Waals surface area contributed by atoms with E-state index in [0.717, 1.165) is 35.3 Å². The molecule has 6 heteroatoms. The summed E-state index contributed by atoms with van der Waals surface area (Å²) in [5.41, 5.74) is 5.26. The van der Waals surface area contributed by atoms with Gasteiger partial charge in [0.15, 0.2) is 0 Å². The number of fused-ring (bicyclic) bond motifs is 4. The van der Waals surface area contributed by atoms with Gasteiger partial charge < -0.3 is 20.8 Å². The van der Waals surface area contributed by atoms with Gasteiger partial charge in [-0.3, -0.25) is 9.98 Å². The lowest BCUT2D eigenvalue weighted by Gasteiger charge is -2.27. The summed E-state index contributed by atoms with van der Waals surface area (Å²) in [6, 6.07) is 8.32. The van der Waals surface area contributed by atoms with E-state index in [1.807, 2.05) is 0 Å². The van der Waals surface area contributed by atoms with Gasteiger partial charge in [-0.15, -0.1) is 0 Å². The average Bonchev–Trinajstić information content (AvgIpc) is 2.80. The fourth-order valence-corrected chi connectivity index (χ4v) is 4.74. The van der Waals surface area contributed by atoms with Gasteiger partial charge in [-0.1, -0.05) is 81.4 Å². The number of phenolic OH excluding ortho intramolecular Hbond substituents is 2. The van der Waals surface area contributed by atoms with Crippen molar-refractivity contribution in [3.8, 4) is 11.5 Å². The van der Waals surface area contributed by atoms with Crippen molar-refractivity contribution >= 4 is 12.4 Å². The van der Waals surface area contributed by atoms with Crippen LogP contribution in [0.5, 0.6) is 11.5 Å². The van der Waals surface area contributed by atoms with Crippen LogP contribution >= 0.6 is 0 Å². The SMILES string of the molecule is CC1(C)CN=Cc2cc(C(C)(C)C)cc(c2O)CNCC(C)(C)CNCc2cc(C(C)(C)C)cc(c2O)C=NC1. The van der Waals surface area contributed by atoms with Crippen molar-refractivity contribution in [3.05, 3.63) is 57.6 Å². The Bertz CT molecular complexity index is 1150. The van der Waals surface area contributed by atoms with E-state index >= 15 is 0 Å². The van der Waals surface area contributed by atoms with E-state index in [4.69, 9.17) is 9.98 Å². The second kappa shape index (κ2) is 12.0. The van der Waals surface area contributed by atoms with Crippen LogP contribution in [0.3, 0.4) is 0 Å². The van der Waals surface area contributed by atoms with Crippen LogP contribution in [-0.4, -0.2) is 48.8 Å². The molecule has 0 unspecified atom stereocenters. The molecule has 0 saturated heterocycles. The quantitative estimate of drug-likeness (QED) is 0.304. The van der Waals surface area contributed by atoms with Gasteiger partial charge in [0.1, 0.15) is 11.5 Å². The number of hydrogen-bond acceptors (Lipinski definition) is 6. The van der Waals surface area contributed by atoms with Crippen molar-refractivity contribution in [2.75, 3.05) is 26.2 Å². The smallest absolute Gasteiger partial charge is 0.128 e. The van der Waals surface area contributed by atoms with Crippen LogP contribution in [-0.2, 0) is 23.9 Å². The van der Waals surface area contributed by atoms with E-state index in [1.165, 1.54) is 11.1 Å². The predicted octanol–water partition coefficient (Wildman–Crippen LogP) is 6.48. The first-order valence-corrected chi connectivity index (χ1v) is 14.5. The molecule has 2 aromatic carbocycles. The molecule has 0 atom stereocenters. The Morgan fingerprint density at radius 3 is 1.35 bits per heavy atom. The molecule has 40 heavy (non-hydrogen) atoms. The van der Waals surface area contributed by atoms with E-state index in [9.17, 15) is 10.2 Å². The van der Waals surface area contributed by atoms with Crippen LogP contribution in [0, 0.1) is 10.8 Å². The highest BCUT2D eigenvalue weighted by molar-refractivity contribution is 5.85. The minimum atomic E-state index is -0.192. The molecule has 1 aliphatic heterocycles. The molecule has 3 rings (SSSR count). The third-order valence-corrected chi connectivity index (χ3v) is 7.51. The number of benzene rings is 2. The molecule has 6 nitrogen and oxygen atoms in total. The molecular formula is C34H52N4O2. The molecule has 0 aliphatic carbocycles. The summed E-state index contributed by atoms with van der Waals surface area (Å²) >= 11 is 0. The topological polar surface area (TPSA) is 89.2 Å². The van der Waals surface area contributed by atoms with Crippen LogP contribution in [0.25, 0.3) is 0 Å². The molecule has 4 bridgehead atoms. The second-order valence-corrected chi connectivity index (χ2v) is 15.1. The minimum Gasteiger partial charge on any atom is -0.507 e. The van der Waals surface area contributed by atoms with Gasteiger partial charge in [-0.25, -0.2) is 0 Å². The summed E-state index contributed by atoms with van der Waals surface area (Å²) in [5.74, 6) is 0.572. The molecule has 1 heterocycles. The Hall–Kier alpha value is -2.70. The van der Waals surface area contributed by atoms with Gasteiger partial charge in [-0.2, -0.15) is 0 Å². The average molecular weight is 549 g/mol. The molecule has 220 valence electrons. The lowest BCUT2D eigenvalue weighted by atomic mass is 9.84. The maximum atomic E-state index is 11.1. The van der Waals surface area contributed by atoms with Gasteiger partial charge in [0.25, 0.3) is 0 Å². The first-order valence-electron chi connectivity index (χ1n) is 14.5. The van der Waals surface area contributed by atoms with Crippen molar-refractivity contribution in [1.29, 1.82) is 0 Å². The third-order valence-electron chi connectivity index (χ3n) is 7.51. The normalized spacial score (nSPS) is 18.9. The first-order chi connectivity index (χ1) is 18.4. The zero-order chi connectivity index (χ0) is 29.9. The number of hydrogen-bond donors (Lipinski definition) is 4. The minimum absolute atomic E-state index is 0.0461. The molecule has 0 aromatic heterocycles. The van der Waals surface area contributed by atoms with Gasteiger partial charge in [0.05, 0.1) is 0 Å². The van der Waals surface area contributed by atoms with Crippen LogP contribution < -0.4 is 10.6 Å². The Labute approximate surface area is 242 Å². The largest absolute Gasteiger partial charge is 0.507 e.